The van der Waals surface area contributed by atoms with Crippen molar-refractivity contribution < 1.29 is 46.2 Å². The molecular weight excluding hydrogens is 1000 g/mol. The highest BCUT2D eigenvalue weighted by Gasteiger charge is 2.32. The van der Waals surface area contributed by atoms with Crippen molar-refractivity contribution in [2.45, 2.75) is 63.8 Å². The van der Waals surface area contributed by atoms with E-state index in [1.165, 1.54) is 77.9 Å². The van der Waals surface area contributed by atoms with Crippen LogP contribution in [-0.4, -0.2) is 43.5 Å². The third kappa shape index (κ3) is 13.3. The summed E-state index contributed by atoms with van der Waals surface area (Å²) in [6.07, 6.45) is 7.55. The first kappa shape index (κ1) is 54.0. The molecule has 0 aliphatic heterocycles. The number of pyridine rings is 2. The fourth-order valence-electron chi connectivity index (χ4n) is 7.85. The SMILES string of the molecule is C[C@H](OC(=O)N[C@H]1CCc2c(C(=O)Nc3ccc(F)c(Cl)c3)ccc(F)c21)c1ccccn1.C[C@H](OC(=O)n1ccnc1)c1ccccn1.Cl.N[C@H]1CCc2c(C(=O)Nc3ccc(F)c(Cl)c3)ccc(F)c21. The van der Waals surface area contributed by atoms with Crippen LogP contribution in [0.1, 0.15) is 105 Å². The van der Waals surface area contributed by atoms with Gasteiger partial charge in [-0.2, -0.15) is 0 Å². The monoisotopic (exact) mass is 1050 g/mol. The zero-order valence-corrected chi connectivity index (χ0v) is 40.6. The van der Waals surface area contributed by atoms with Crippen molar-refractivity contribution in [1.82, 2.24) is 24.8 Å². The lowest BCUT2D eigenvalue weighted by Crippen LogP contribution is -2.29. The van der Waals surface area contributed by atoms with E-state index in [1.807, 2.05) is 18.2 Å². The van der Waals surface area contributed by atoms with E-state index in [1.54, 1.807) is 44.4 Å². The van der Waals surface area contributed by atoms with E-state index in [9.17, 15) is 36.7 Å². The largest absolute Gasteiger partial charge is 0.440 e. The second-order valence-corrected chi connectivity index (χ2v) is 16.9. The van der Waals surface area contributed by atoms with Crippen LogP contribution in [0.25, 0.3) is 0 Å². The molecule has 374 valence electrons. The molecule has 0 spiro atoms. The van der Waals surface area contributed by atoms with Gasteiger partial charge in [-0.3, -0.25) is 19.6 Å². The Labute approximate surface area is 426 Å². The average Bonchev–Trinajstić information content (AvgIpc) is 4.15. The summed E-state index contributed by atoms with van der Waals surface area (Å²) in [4.78, 5) is 61.2. The minimum absolute atomic E-state index is 0. The van der Waals surface area contributed by atoms with Crippen molar-refractivity contribution in [3.05, 3.63) is 206 Å². The third-order valence-corrected chi connectivity index (χ3v) is 11.9. The summed E-state index contributed by atoms with van der Waals surface area (Å²) >= 11 is 11.5. The van der Waals surface area contributed by atoms with Crippen LogP contribution >= 0.6 is 35.6 Å². The molecule has 0 saturated heterocycles. The van der Waals surface area contributed by atoms with Crippen molar-refractivity contribution >= 4 is 71.0 Å². The molecule has 4 aromatic carbocycles. The van der Waals surface area contributed by atoms with Gasteiger partial charge in [-0.05, 0) is 136 Å². The number of aromatic nitrogens is 4. The van der Waals surface area contributed by atoms with Gasteiger partial charge in [-0.25, -0.2) is 36.7 Å². The van der Waals surface area contributed by atoms with Crippen LogP contribution in [0.4, 0.5) is 38.5 Å². The van der Waals surface area contributed by atoms with Gasteiger partial charge < -0.3 is 31.2 Å². The summed E-state index contributed by atoms with van der Waals surface area (Å²) in [6, 6.07) is 22.7. The minimum Gasteiger partial charge on any atom is -0.440 e. The zero-order valence-electron chi connectivity index (χ0n) is 38.3. The standard InChI is InChI=1S/C24H20ClF2N3O3.C16H13ClF2N2O.C11H11N3O2.ClH/c1-13(20-4-2-3-11-28-20)33-24(32)30-21-10-7-15-16(6-9-19(27)22(15)21)23(31)29-14-5-8-18(26)17(25)12-14;17-11-7-8(1-4-12(11)18)21-16(22)10-2-5-13(19)15-9(10)3-6-14(15)20;1-9(10-4-2-3-5-13-10)16-11(15)14-7-6-12-8-14;/h2-6,8-9,11-13,21H,7,10H2,1H3,(H,29,31)(H,30,32);1-2,4-5,7,14H,3,6,20H2,(H,21,22);2-9H,1H3;1H/t13-,21-;14-;9-;/m000./s1. The van der Waals surface area contributed by atoms with E-state index < -0.39 is 53.6 Å². The number of nitrogens with zero attached hydrogens (tertiary/aromatic N) is 4. The van der Waals surface area contributed by atoms with Crippen molar-refractivity contribution in [1.29, 1.82) is 0 Å². The lowest BCUT2D eigenvalue weighted by Gasteiger charge is -2.18. The number of anilines is 2. The molecule has 14 nitrogen and oxygen atoms in total. The second-order valence-electron chi connectivity index (χ2n) is 16.1. The molecule has 0 saturated carbocycles. The average molecular weight is 1050 g/mol. The lowest BCUT2D eigenvalue weighted by atomic mass is 10.0. The highest BCUT2D eigenvalue weighted by atomic mass is 35.5. The van der Waals surface area contributed by atoms with E-state index in [2.05, 4.69) is 30.9 Å². The van der Waals surface area contributed by atoms with Gasteiger partial charge in [0.25, 0.3) is 11.8 Å². The smallest absolute Gasteiger partial charge is 0.419 e. The highest BCUT2D eigenvalue weighted by Crippen LogP contribution is 2.37. The number of ether oxygens (including phenoxy) is 2. The predicted molar refractivity (Wildman–Crippen MR) is 264 cm³/mol. The molecule has 7 aromatic rings. The number of rotatable bonds is 9. The number of hydrogen-bond donors (Lipinski definition) is 4. The number of nitrogens with two attached hydrogens (primary N) is 1. The maximum Gasteiger partial charge on any atom is 0.419 e. The number of carbonyl (C=O) groups is 4. The number of fused-ring (bicyclic) bond motifs is 2. The Balaban J connectivity index is 0.000000188. The Morgan fingerprint density at radius 2 is 1.17 bits per heavy atom. The molecule has 0 bridgehead atoms. The Morgan fingerprint density at radius 1 is 0.667 bits per heavy atom. The van der Waals surface area contributed by atoms with Crippen molar-refractivity contribution in [3.63, 3.8) is 0 Å². The second kappa shape index (κ2) is 24.6. The van der Waals surface area contributed by atoms with Gasteiger partial charge in [-0.15, -0.1) is 12.4 Å². The predicted octanol–water partition coefficient (Wildman–Crippen LogP) is 12.0. The van der Waals surface area contributed by atoms with Crippen LogP contribution in [0.5, 0.6) is 0 Å². The van der Waals surface area contributed by atoms with E-state index in [4.69, 9.17) is 38.4 Å². The first-order valence-electron chi connectivity index (χ1n) is 22.0. The van der Waals surface area contributed by atoms with Crippen LogP contribution in [0.3, 0.4) is 0 Å². The molecule has 3 heterocycles. The normalized spacial score (nSPS) is 14.8. The first-order valence-corrected chi connectivity index (χ1v) is 22.7. The molecule has 21 heteroatoms. The van der Waals surface area contributed by atoms with Crippen LogP contribution in [-0.2, 0) is 22.3 Å². The van der Waals surface area contributed by atoms with Gasteiger partial charge in [0.2, 0.25) is 0 Å². The number of benzene rings is 4. The van der Waals surface area contributed by atoms with E-state index in [-0.39, 0.29) is 51.5 Å². The van der Waals surface area contributed by atoms with Gasteiger partial charge in [0, 0.05) is 64.5 Å². The van der Waals surface area contributed by atoms with Crippen molar-refractivity contribution in [2.75, 3.05) is 10.6 Å². The molecule has 5 N–H and O–H groups in total. The van der Waals surface area contributed by atoms with Gasteiger partial charge in [0.15, 0.2) is 0 Å². The van der Waals surface area contributed by atoms with Crippen LogP contribution in [0, 0.1) is 23.3 Å². The van der Waals surface area contributed by atoms with E-state index in [0.717, 1.165) is 11.8 Å². The molecule has 0 unspecified atom stereocenters. The minimum atomic E-state index is -0.707. The summed E-state index contributed by atoms with van der Waals surface area (Å²) in [5, 5.41) is 7.76. The van der Waals surface area contributed by atoms with Gasteiger partial charge in [0.05, 0.1) is 27.5 Å². The molecule has 72 heavy (non-hydrogen) atoms. The quantitative estimate of drug-likeness (QED) is 0.101. The Bertz CT molecular complexity index is 3050. The molecular formula is C51H45Cl3F4N8O6. The third-order valence-electron chi connectivity index (χ3n) is 11.3. The van der Waals surface area contributed by atoms with E-state index in [0.29, 0.717) is 65.0 Å². The Kier molecular flexibility index (Phi) is 18.5. The summed E-state index contributed by atoms with van der Waals surface area (Å²) in [5.74, 6) is -2.95. The molecule has 3 amide bonds. The zero-order chi connectivity index (χ0) is 50.8. The number of amides is 3. The maximum absolute atomic E-state index is 14.7. The van der Waals surface area contributed by atoms with Crippen molar-refractivity contribution in [2.24, 2.45) is 5.73 Å². The van der Waals surface area contributed by atoms with Gasteiger partial charge in [0.1, 0.15) is 41.8 Å². The van der Waals surface area contributed by atoms with E-state index >= 15 is 0 Å². The maximum atomic E-state index is 14.7. The summed E-state index contributed by atoms with van der Waals surface area (Å²) < 4.78 is 66.9. The lowest BCUT2D eigenvalue weighted by molar-refractivity contribution is 0.101. The van der Waals surface area contributed by atoms with Crippen molar-refractivity contribution in [3.8, 4) is 0 Å². The van der Waals surface area contributed by atoms with Crippen LogP contribution < -0.4 is 21.7 Å². The number of imidazole rings is 1. The molecule has 0 fully saturated rings. The number of alkyl carbamates (subject to hydrolysis) is 1. The highest BCUT2D eigenvalue weighted by molar-refractivity contribution is 6.31. The molecule has 9 rings (SSSR count). The number of hydrogen-bond acceptors (Lipinski definition) is 10. The van der Waals surface area contributed by atoms with Gasteiger partial charge >= 0.3 is 12.2 Å². The topological polar surface area (TPSA) is 192 Å². The molecule has 4 atom stereocenters. The molecule has 0 radical (unpaired) electrons. The Hall–Kier alpha value is -7.38. The number of nitrogens with one attached hydrogen (secondary N) is 3. The molecule has 3 aromatic heterocycles. The van der Waals surface area contributed by atoms with Gasteiger partial charge in [-0.1, -0.05) is 35.3 Å². The molecule has 2 aliphatic carbocycles. The first-order chi connectivity index (χ1) is 34.1. The van der Waals surface area contributed by atoms with Crippen LogP contribution in [0.2, 0.25) is 10.0 Å². The fraction of sp³-hybridized carbons (Fsp3) is 0.196. The number of halogens is 7. The summed E-state index contributed by atoms with van der Waals surface area (Å²) in [6.45, 7) is 3.46. The summed E-state index contributed by atoms with van der Waals surface area (Å²) in [5.41, 5.74) is 10.3. The van der Waals surface area contributed by atoms with Crippen LogP contribution in [0.15, 0.2) is 128 Å². The Morgan fingerprint density at radius 3 is 1.67 bits per heavy atom. The number of carbonyl (C=O) groups excluding carboxylic acids is 4. The molecule has 2 aliphatic rings. The summed E-state index contributed by atoms with van der Waals surface area (Å²) in [7, 11) is 0. The fourth-order valence-corrected chi connectivity index (χ4v) is 8.21.